The highest BCUT2D eigenvalue weighted by Crippen LogP contribution is 2.24. The zero-order valence-corrected chi connectivity index (χ0v) is 11.2. The molecule has 19 heavy (non-hydrogen) atoms. The fraction of sp³-hybridized carbons (Fsp3) is 0.583. The zero-order chi connectivity index (χ0) is 14.2. The second-order valence-electron chi connectivity index (χ2n) is 5.07. The summed E-state index contributed by atoms with van der Waals surface area (Å²) in [5.41, 5.74) is 2.16. The largest absolute Gasteiger partial charge is 0.481 e. The van der Waals surface area contributed by atoms with Crippen LogP contribution in [0.4, 0.5) is 10.5 Å². The summed E-state index contributed by atoms with van der Waals surface area (Å²) in [5, 5.41) is 18.6. The van der Waals surface area contributed by atoms with Gasteiger partial charge in [-0.1, -0.05) is 6.92 Å². The van der Waals surface area contributed by atoms with Gasteiger partial charge in [-0.05, 0) is 19.8 Å². The number of aliphatic carboxylic acids is 1. The van der Waals surface area contributed by atoms with Crippen LogP contribution in [0.25, 0.3) is 0 Å². The van der Waals surface area contributed by atoms with E-state index in [-0.39, 0.29) is 18.5 Å². The van der Waals surface area contributed by atoms with Crippen molar-refractivity contribution in [3.8, 4) is 0 Å². The molecular formula is C12H18N4O3. The van der Waals surface area contributed by atoms with Crippen molar-refractivity contribution in [2.45, 2.75) is 20.8 Å². The van der Waals surface area contributed by atoms with Crippen LogP contribution in [0, 0.1) is 25.7 Å². The number of hydrogen-bond donors (Lipinski definition) is 3. The lowest BCUT2D eigenvalue weighted by Gasteiger charge is -2.16. The van der Waals surface area contributed by atoms with E-state index < -0.39 is 11.9 Å². The Morgan fingerprint density at radius 1 is 1.42 bits per heavy atom. The molecule has 1 aliphatic heterocycles. The predicted octanol–water partition coefficient (Wildman–Crippen LogP) is 1.21. The second kappa shape index (κ2) is 4.91. The Morgan fingerprint density at radius 3 is 2.58 bits per heavy atom. The van der Waals surface area contributed by atoms with Crippen molar-refractivity contribution >= 4 is 17.7 Å². The number of aromatic amines is 1. The van der Waals surface area contributed by atoms with Crippen LogP contribution in [-0.2, 0) is 4.79 Å². The Morgan fingerprint density at radius 2 is 2.11 bits per heavy atom. The molecule has 0 saturated carbocycles. The Bertz CT molecular complexity index is 492. The van der Waals surface area contributed by atoms with Gasteiger partial charge in [0.05, 0.1) is 23.0 Å². The summed E-state index contributed by atoms with van der Waals surface area (Å²) in [5.74, 6) is -1.37. The summed E-state index contributed by atoms with van der Waals surface area (Å²) in [6, 6.07) is -0.275. The molecule has 1 fully saturated rings. The van der Waals surface area contributed by atoms with Crippen molar-refractivity contribution in [2.24, 2.45) is 11.8 Å². The van der Waals surface area contributed by atoms with E-state index in [1.807, 2.05) is 13.8 Å². The number of urea groups is 1. The van der Waals surface area contributed by atoms with Crippen molar-refractivity contribution in [3.63, 3.8) is 0 Å². The maximum atomic E-state index is 12.1. The number of carboxylic acids is 1. The van der Waals surface area contributed by atoms with Gasteiger partial charge in [-0.25, -0.2) is 4.79 Å². The number of carbonyl (C=O) groups is 2. The molecule has 0 aromatic carbocycles. The quantitative estimate of drug-likeness (QED) is 0.749. The summed E-state index contributed by atoms with van der Waals surface area (Å²) in [7, 11) is 0. The molecule has 2 rings (SSSR count). The fourth-order valence-corrected chi connectivity index (χ4v) is 2.38. The number of likely N-dealkylation sites (tertiary alicyclic amines) is 1. The smallest absolute Gasteiger partial charge is 0.321 e. The molecule has 3 N–H and O–H groups in total. The van der Waals surface area contributed by atoms with Gasteiger partial charge in [-0.3, -0.25) is 9.89 Å². The van der Waals surface area contributed by atoms with Crippen molar-refractivity contribution in [3.05, 3.63) is 11.4 Å². The van der Waals surface area contributed by atoms with Gasteiger partial charge in [0.15, 0.2) is 0 Å². The molecular weight excluding hydrogens is 248 g/mol. The number of nitrogens with one attached hydrogen (secondary N) is 2. The fourth-order valence-electron chi connectivity index (χ4n) is 2.38. The molecule has 2 heterocycles. The van der Waals surface area contributed by atoms with Gasteiger partial charge < -0.3 is 15.3 Å². The normalized spacial score (nSPS) is 22.6. The average molecular weight is 266 g/mol. The van der Waals surface area contributed by atoms with E-state index in [1.165, 1.54) is 4.90 Å². The van der Waals surface area contributed by atoms with Crippen molar-refractivity contribution in [1.82, 2.24) is 15.1 Å². The number of amides is 2. The zero-order valence-electron chi connectivity index (χ0n) is 11.2. The lowest BCUT2D eigenvalue weighted by molar-refractivity contribution is -0.142. The van der Waals surface area contributed by atoms with E-state index >= 15 is 0 Å². The number of aromatic nitrogens is 2. The first-order valence-corrected chi connectivity index (χ1v) is 6.20. The van der Waals surface area contributed by atoms with Crippen LogP contribution >= 0.6 is 0 Å². The van der Waals surface area contributed by atoms with E-state index in [1.54, 1.807) is 6.92 Å². The number of carboxylic acid groups (broad SMARTS) is 1. The number of aryl methyl sites for hydroxylation is 2. The second-order valence-corrected chi connectivity index (χ2v) is 5.07. The Balaban J connectivity index is 2.04. The number of carbonyl (C=O) groups excluding carboxylic acids is 1. The van der Waals surface area contributed by atoms with Gasteiger partial charge in [0.2, 0.25) is 0 Å². The number of hydrogen-bond acceptors (Lipinski definition) is 3. The Hall–Kier alpha value is -2.05. The molecule has 0 spiro atoms. The molecule has 104 valence electrons. The molecule has 0 unspecified atom stereocenters. The van der Waals surface area contributed by atoms with Gasteiger partial charge >= 0.3 is 12.0 Å². The molecule has 1 aromatic rings. The molecule has 0 radical (unpaired) electrons. The summed E-state index contributed by atoms with van der Waals surface area (Å²) in [4.78, 5) is 24.7. The summed E-state index contributed by atoms with van der Waals surface area (Å²) >= 11 is 0. The van der Waals surface area contributed by atoms with Crippen LogP contribution in [0.3, 0.4) is 0 Å². The number of anilines is 1. The van der Waals surface area contributed by atoms with Crippen molar-refractivity contribution in [2.75, 3.05) is 18.4 Å². The maximum Gasteiger partial charge on any atom is 0.321 e. The molecule has 1 aliphatic rings. The minimum absolute atomic E-state index is 0.0326. The van der Waals surface area contributed by atoms with Crippen molar-refractivity contribution < 1.29 is 14.7 Å². The van der Waals surface area contributed by atoms with E-state index in [2.05, 4.69) is 15.5 Å². The highest BCUT2D eigenvalue weighted by molar-refractivity contribution is 5.91. The monoisotopic (exact) mass is 266 g/mol. The molecule has 7 nitrogen and oxygen atoms in total. The minimum atomic E-state index is -0.849. The molecule has 0 bridgehead atoms. The summed E-state index contributed by atoms with van der Waals surface area (Å²) in [6.45, 7) is 6.17. The number of H-pyrrole nitrogens is 1. The van der Waals surface area contributed by atoms with Gasteiger partial charge in [0, 0.05) is 13.1 Å². The van der Waals surface area contributed by atoms with Gasteiger partial charge in [-0.2, -0.15) is 5.10 Å². The van der Waals surface area contributed by atoms with Crippen LogP contribution < -0.4 is 5.32 Å². The van der Waals surface area contributed by atoms with E-state index in [9.17, 15) is 9.59 Å². The minimum Gasteiger partial charge on any atom is -0.481 e. The summed E-state index contributed by atoms with van der Waals surface area (Å²) in [6.07, 6.45) is 0. The van der Waals surface area contributed by atoms with Crippen LogP contribution in [0.1, 0.15) is 18.3 Å². The van der Waals surface area contributed by atoms with Crippen LogP contribution in [0.2, 0.25) is 0 Å². The van der Waals surface area contributed by atoms with Gasteiger partial charge in [-0.15, -0.1) is 0 Å². The highest BCUT2D eigenvalue weighted by Gasteiger charge is 2.37. The van der Waals surface area contributed by atoms with Gasteiger partial charge in [0.1, 0.15) is 0 Å². The van der Waals surface area contributed by atoms with Crippen LogP contribution in [0.5, 0.6) is 0 Å². The summed E-state index contributed by atoms with van der Waals surface area (Å²) < 4.78 is 0. The SMILES string of the molecule is Cc1n[nH]c(C)c1NC(=O)N1C[C@@H](C)[C@H](C(=O)O)C1. The molecule has 2 amide bonds. The highest BCUT2D eigenvalue weighted by atomic mass is 16.4. The van der Waals surface area contributed by atoms with E-state index in [0.717, 1.165) is 5.69 Å². The Kier molecular flexibility index (Phi) is 3.46. The molecule has 1 aromatic heterocycles. The number of nitrogens with zero attached hydrogens (tertiary/aromatic N) is 2. The van der Waals surface area contributed by atoms with E-state index in [0.29, 0.717) is 17.9 Å². The first kappa shape index (κ1) is 13.4. The predicted molar refractivity (Wildman–Crippen MR) is 68.9 cm³/mol. The standard InChI is InChI=1S/C12H18N4O3/c1-6-4-16(5-9(6)11(17)18)12(19)13-10-7(2)14-15-8(10)3/h6,9H,4-5H2,1-3H3,(H,13,19)(H,14,15)(H,17,18)/t6-,9-/m1/s1. The van der Waals surface area contributed by atoms with Crippen LogP contribution in [-0.4, -0.2) is 45.3 Å². The average Bonchev–Trinajstić information content (AvgIpc) is 2.86. The van der Waals surface area contributed by atoms with E-state index in [4.69, 9.17) is 5.11 Å². The topological polar surface area (TPSA) is 98.3 Å². The first-order valence-electron chi connectivity index (χ1n) is 6.20. The third-order valence-corrected chi connectivity index (χ3v) is 3.58. The first-order chi connectivity index (χ1) is 8.90. The number of rotatable bonds is 2. The maximum absolute atomic E-state index is 12.1. The van der Waals surface area contributed by atoms with Gasteiger partial charge in [0.25, 0.3) is 0 Å². The third-order valence-electron chi connectivity index (χ3n) is 3.58. The van der Waals surface area contributed by atoms with Crippen LogP contribution in [0.15, 0.2) is 0 Å². The molecule has 0 aliphatic carbocycles. The molecule has 2 atom stereocenters. The van der Waals surface area contributed by atoms with Crippen molar-refractivity contribution in [1.29, 1.82) is 0 Å². The lowest BCUT2D eigenvalue weighted by atomic mass is 9.99. The molecule has 1 saturated heterocycles. The third kappa shape index (κ3) is 2.54. The Labute approximate surface area is 111 Å². The molecule has 7 heteroatoms. The lowest BCUT2D eigenvalue weighted by Crippen LogP contribution is -2.34.